The van der Waals surface area contributed by atoms with E-state index in [1.165, 1.54) is 13.1 Å². The lowest BCUT2D eigenvalue weighted by atomic mass is 9.98. The van der Waals surface area contributed by atoms with E-state index in [2.05, 4.69) is 4.98 Å². The van der Waals surface area contributed by atoms with Crippen molar-refractivity contribution in [3.8, 4) is 0 Å². The Morgan fingerprint density at radius 2 is 2.08 bits per heavy atom. The summed E-state index contributed by atoms with van der Waals surface area (Å²) < 4.78 is 34.4. The van der Waals surface area contributed by atoms with Crippen LogP contribution in [0, 0.1) is 0 Å². The summed E-state index contributed by atoms with van der Waals surface area (Å²) in [7, 11) is -2.63. The molecule has 1 aromatic rings. The topological polar surface area (TPSA) is 82.5 Å². The summed E-state index contributed by atoms with van der Waals surface area (Å²) >= 11 is 0. The van der Waals surface area contributed by atoms with Crippen LogP contribution in [0.4, 0.5) is 4.39 Å². The quantitative estimate of drug-likeness (QED) is 0.769. The fourth-order valence-electron chi connectivity index (χ4n) is 3.05. The minimum atomic E-state index is -2.63. The van der Waals surface area contributed by atoms with Gasteiger partial charge in [-0.15, -0.1) is 0 Å². The minimum absolute atomic E-state index is 0.221. The van der Waals surface area contributed by atoms with Crippen LogP contribution in [-0.2, 0) is 13.6 Å². The SMILES string of the molecule is CC(C)(C)[Si]1(C)OCC2O[C@@H](n3ccc(=O)[nH]c3=O)[C@](C)(F)[C@@H]2O1. The molecule has 5 atom stereocenters. The monoisotopic (exact) mass is 358 g/mol. The number of fused-ring (bicyclic) bond motifs is 1. The van der Waals surface area contributed by atoms with Crippen molar-refractivity contribution in [2.24, 2.45) is 0 Å². The van der Waals surface area contributed by atoms with Crippen molar-refractivity contribution in [1.29, 1.82) is 0 Å². The summed E-state index contributed by atoms with van der Waals surface area (Å²) in [6.07, 6.45) is -1.38. The van der Waals surface area contributed by atoms with E-state index in [-0.39, 0.29) is 11.6 Å². The van der Waals surface area contributed by atoms with Gasteiger partial charge in [0, 0.05) is 17.3 Å². The van der Waals surface area contributed by atoms with Gasteiger partial charge < -0.3 is 13.6 Å². The number of alkyl halides is 1. The smallest absolute Gasteiger partial charge is 0.341 e. The average molecular weight is 358 g/mol. The second-order valence-corrected chi connectivity index (χ2v) is 11.7. The number of nitrogens with one attached hydrogen (secondary N) is 1. The van der Waals surface area contributed by atoms with Crippen LogP contribution in [0.1, 0.15) is 33.9 Å². The molecule has 1 N–H and O–H groups in total. The minimum Gasteiger partial charge on any atom is -0.391 e. The molecule has 0 aromatic carbocycles. The summed E-state index contributed by atoms with van der Waals surface area (Å²) in [6, 6.07) is 1.16. The standard InChI is InChI=1S/C15H23FN2O5Si/c1-14(2,3)24(5)21-8-9-11(23-24)15(4,16)12(22-9)18-7-6-10(19)17-13(18)20/h6-7,9,11-12H,8H2,1-5H3,(H,17,19,20)/t9?,11-,12-,15-,24?/m1/s1. The van der Waals surface area contributed by atoms with Gasteiger partial charge in [0.2, 0.25) is 0 Å². The molecule has 2 aliphatic rings. The number of halogens is 1. The van der Waals surface area contributed by atoms with Crippen LogP contribution in [0.25, 0.3) is 0 Å². The van der Waals surface area contributed by atoms with E-state index in [9.17, 15) is 9.59 Å². The van der Waals surface area contributed by atoms with Crippen molar-refractivity contribution in [3.63, 3.8) is 0 Å². The van der Waals surface area contributed by atoms with E-state index < -0.39 is 43.9 Å². The van der Waals surface area contributed by atoms with Gasteiger partial charge >= 0.3 is 14.3 Å². The molecule has 24 heavy (non-hydrogen) atoms. The Kier molecular flexibility index (Phi) is 3.91. The summed E-state index contributed by atoms with van der Waals surface area (Å²) in [6.45, 7) is 9.53. The molecule has 7 nitrogen and oxygen atoms in total. The predicted molar refractivity (Wildman–Crippen MR) is 86.9 cm³/mol. The van der Waals surface area contributed by atoms with Crippen LogP contribution in [0.15, 0.2) is 21.9 Å². The summed E-state index contributed by atoms with van der Waals surface area (Å²) in [5.41, 5.74) is -3.19. The second kappa shape index (κ2) is 5.35. The molecule has 2 unspecified atom stereocenters. The van der Waals surface area contributed by atoms with Crippen molar-refractivity contribution in [2.75, 3.05) is 6.61 Å². The maximum absolute atomic E-state index is 15.6. The molecule has 2 aliphatic heterocycles. The number of aromatic nitrogens is 2. The lowest BCUT2D eigenvalue weighted by molar-refractivity contribution is -0.0750. The maximum Gasteiger partial charge on any atom is 0.341 e. The average Bonchev–Trinajstić information content (AvgIpc) is 2.69. The number of H-pyrrole nitrogens is 1. The lowest BCUT2D eigenvalue weighted by Crippen LogP contribution is -2.60. The summed E-state index contributed by atoms with van der Waals surface area (Å²) in [4.78, 5) is 25.3. The van der Waals surface area contributed by atoms with Crippen molar-refractivity contribution in [2.45, 2.75) is 63.4 Å². The molecular weight excluding hydrogens is 335 g/mol. The first-order chi connectivity index (χ1) is 11.0. The Morgan fingerprint density at radius 3 is 2.67 bits per heavy atom. The molecule has 0 amide bonds. The Balaban J connectivity index is 1.96. The fraction of sp³-hybridized carbons (Fsp3) is 0.733. The van der Waals surface area contributed by atoms with E-state index in [4.69, 9.17) is 13.6 Å². The van der Waals surface area contributed by atoms with Crippen molar-refractivity contribution < 1.29 is 18.0 Å². The summed E-state index contributed by atoms with van der Waals surface area (Å²) in [5, 5.41) is -0.235. The summed E-state index contributed by atoms with van der Waals surface area (Å²) in [5.74, 6) is 0. The molecule has 0 bridgehead atoms. The normalized spacial score (nSPS) is 39.7. The van der Waals surface area contributed by atoms with E-state index >= 15 is 4.39 Å². The van der Waals surface area contributed by atoms with Gasteiger partial charge in [0.25, 0.3) is 5.56 Å². The highest BCUT2D eigenvalue weighted by Gasteiger charge is 2.63. The zero-order chi connectivity index (χ0) is 17.9. The second-order valence-electron chi connectivity index (χ2n) is 7.74. The first kappa shape index (κ1) is 17.5. The van der Waals surface area contributed by atoms with E-state index in [0.717, 1.165) is 10.6 Å². The molecular formula is C15H23FN2O5Si. The first-order valence-corrected chi connectivity index (χ1v) is 10.2. The number of aromatic amines is 1. The van der Waals surface area contributed by atoms with Crippen LogP contribution < -0.4 is 11.2 Å². The first-order valence-electron chi connectivity index (χ1n) is 7.93. The van der Waals surface area contributed by atoms with Gasteiger partial charge in [-0.3, -0.25) is 14.3 Å². The Bertz CT molecular complexity index is 755. The van der Waals surface area contributed by atoms with Crippen LogP contribution in [-0.4, -0.2) is 42.6 Å². The molecule has 9 heteroatoms. The van der Waals surface area contributed by atoms with E-state index in [0.29, 0.717) is 0 Å². The highest BCUT2D eigenvalue weighted by molar-refractivity contribution is 6.69. The zero-order valence-electron chi connectivity index (χ0n) is 14.5. The van der Waals surface area contributed by atoms with Crippen LogP contribution in [0.5, 0.6) is 0 Å². The molecule has 3 rings (SSSR count). The molecule has 134 valence electrons. The highest BCUT2D eigenvalue weighted by atomic mass is 28.4. The van der Waals surface area contributed by atoms with Gasteiger partial charge in [0.15, 0.2) is 11.9 Å². The Labute approximate surface area is 140 Å². The third-order valence-corrected chi connectivity index (χ3v) is 9.17. The molecule has 0 saturated carbocycles. The highest BCUT2D eigenvalue weighted by Crippen LogP contribution is 2.49. The predicted octanol–water partition coefficient (Wildman–Crippen LogP) is 1.45. The van der Waals surface area contributed by atoms with E-state index in [1.54, 1.807) is 0 Å². The molecule has 2 saturated heterocycles. The maximum atomic E-state index is 15.6. The Hall–Kier alpha value is -1.29. The Morgan fingerprint density at radius 1 is 1.42 bits per heavy atom. The van der Waals surface area contributed by atoms with Crippen LogP contribution in [0.3, 0.4) is 0 Å². The largest absolute Gasteiger partial charge is 0.391 e. The number of ether oxygens (including phenoxy) is 1. The van der Waals surface area contributed by atoms with Crippen LogP contribution in [0.2, 0.25) is 11.6 Å². The van der Waals surface area contributed by atoms with Gasteiger partial charge in [-0.25, -0.2) is 9.18 Å². The van der Waals surface area contributed by atoms with Gasteiger partial charge in [0.1, 0.15) is 12.2 Å². The van der Waals surface area contributed by atoms with E-state index in [1.807, 2.05) is 27.3 Å². The zero-order valence-corrected chi connectivity index (χ0v) is 15.5. The van der Waals surface area contributed by atoms with Gasteiger partial charge in [0.05, 0.1) is 6.61 Å². The third kappa shape index (κ3) is 2.59. The van der Waals surface area contributed by atoms with Crippen LogP contribution >= 0.6 is 0 Å². The lowest BCUT2D eigenvalue weighted by Gasteiger charge is -2.46. The van der Waals surface area contributed by atoms with Crippen molar-refractivity contribution >= 4 is 8.56 Å². The number of hydrogen-bond acceptors (Lipinski definition) is 5. The fourth-order valence-corrected chi connectivity index (χ4v) is 5.26. The van der Waals surface area contributed by atoms with Gasteiger partial charge in [-0.05, 0) is 13.5 Å². The number of hydrogen-bond donors (Lipinski definition) is 1. The van der Waals surface area contributed by atoms with Gasteiger partial charge in [-0.1, -0.05) is 20.8 Å². The van der Waals surface area contributed by atoms with Crippen molar-refractivity contribution in [1.82, 2.24) is 9.55 Å². The molecule has 3 heterocycles. The van der Waals surface area contributed by atoms with Gasteiger partial charge in [-0.2, -0.15) is 0 Å². The molecule has 0 aliphatic carbocycles. The number of rotatable bonds is 1. The third-order valence-electron chi connectivity index (χ3n) is 5.02. The molecule has 0 spiro atoms. The molecule has 0 radical (unpaired) electrons. The van der Waals surface area contributed by atoms with Crippen molar-refractivity contribution in [3.05, 3.63) is 33.1 Å². The molecule has 2 fully saturated rings. The molecule has 1 aromatic heterocycles. The number of nitrogens with zero attached hydrogens (tertiary/aromatic N) is 1.